The number of halogens is 1. The first-order valence-electron chi connectivity index (χ1n) is 5.80. The van der Waals surface area contributed by atoms with E-state index >= 15 is 0 Å². The molecular weight excluding hydrogens is 289 g/mol. The van der Waals surface area contributed by atoms with Crippen molar-refractivity contribution < 1.29 is 22.3 Å². The van der Waals surface area contributed by atoms with Gasteiger partial charge < -0.3 is 10.5 Å². The maximum atomic E-state index is 13.9. The number of hydrogen-bond donors (Lipinski definition) is 2. The third-order valence-corrected chi connectivity index (χ3v) is 4.37. The Kier molecular flexibility index (Phi) is 3.93. The number of nitrogens with two attached hydrogens (primary N) is 1. The van der Waals surface area contributed by atoms with Crippen LogP contribution in [-0.2, 0) is 14.8 Å². The summed E-state index contributed by atoms with van der Waals surface area (Å²) in [5.41, 5.74) is 5.62. The number of nitrogens with one attached hydrogen (secondary N) is 1. The molecule has 1 aliphatic rings. The normalized spacial score (nSPS) is 19.2. The van der Waals surface area contributed by atoms with Crippen molar-refractivity contribution >= 4 is 21.8 Å². The highest BCUT2D eigenvalue weighted by Crippen LogP contribution is 2.25. The Labute approximate surface area is 115 Å². The van der Waals surface area contributed by atoms with Gasteiger partial charge in [-0.2, -0.15) is 0 Å². The van der Waals surface area contributed by atoms with Gasteiger partial charge in [-0.25, -0.2) is 22.3 Å². The van der Waals surface area contributed by atoms with E-state index in [9.17, 15) is 17.6 Å². The minimum Gasteiger partial charge on any atom is -0.443 e. The number of rotatable bonds is 4. The molecule has 1 amide bonds. The summed E-state index contributed by atoms with van der Waals surface area (Å²) in [4.78, 5) is 12.3. The number of carbonyl (C=O) groups is 1. The van der Waals surface area contributed by atoms with Gasteiger partial charge in [0.2, 0.25) is 10.0 Å². The number of hydrogen-bond acceptors (Lipinski definition) is 5. The molecule has 0 aromatic heterocycles. The summed E-state index contributed by atoms with van der Waals surface area (Å²) in [6.07, 6.45) is -1.09. The van der Waals surface area contributed by atoms with Gasteiger partial charge in [-0.15, -0.1) is 0 Å². The summed E-state index contributed by atoms with van der Waals surface area (Å²) in [7, 11) is -2.69. The van der Waals surface area contributed by atoms with E-state index < -0.39 is 32.9 Å². The van der Waals surface area contributed by atoms with Gasteiger partial charge in [0, 0.05) is 6.54 Å². The predicted molar refractivity (Wildman–Crippen MR) is 69.3 cm³/mol. The fourth-order valence-electron chi connectivity index (χ4n) is 1.84. The number of ether oxygens (including phenoxy) is 1. The van der Waals surface area contributed by atoms with Crippen molar-refractivity contribution in [3.63, 3.8) is 0 Å². The monoisotopic (exact) mass is 303 g/mol. The van der Waals surface area contributed by atoms with Crippen molar-refractivity contribution in [3.8, 4) is 0 Å². The van der Waals surface area contributed by atoms with Gasteiger partial charge in [0.15, 0.2) is 0 Å². The molecule has 0 spiro atoms. The SMILES string of the molecule is CNS(=O)(=O)c1ccc(N2C[C@H](CN)OC2=O)cc1F. The zero-order valence-corrected chi connectivity index (χ0v) is 11.5. The molecule has 20 heavy (non-hydrogen) atoms. The highest BCUT2D eigenvalue weighted by molar-refractivity contribution is 7.89. The van der Waals surface area contributed by atoms with Crippen molar-refractivity contribution in [2.24, 2.45) is 5.73 Å². The van der Waals surface area contributed by atoms with E-state index in [-0.39, 0.29) is 18.8 Å². The molecule has 3 N–H and O–H groups in total. The van der Waals surface area contributed by atoms with Crippen LogP contribution in [0.4, 0.5) is 14.9 Å². The second-order valence-electron chi connectivity index (χ2n) is 4.17. The van der Waals surface area contributed by atoms with Gasteiger partial charge in [0.05, 0.1) is 12.2 Å². The zero-order chi connectivity index (χ0) is 14.9. The Morgan fingerprint density at radius 1 is 1.55 bits per heavy atom. The third-order valence-electron chi connectivity index (χ3n) is 2.92. The summed E-state index contributed by atoms with van der Waals surface area (Å²) in [5.74, 6) is -0.944. The Morgan fingerprint density at radius 3 is 2.75 bits per heavy atom. The van der Waals surface area contributed by atoms with E-state index in [2.05, 4.69) is 0 Å². The van der Waals surface area contributed by atoms with Crippen LogP contribution in [0, 0.1) is 5.82 Å². The first-order chi connectivity index (χ1) is 9.39. The van der Waals surface area contributed by atoms with Crippen molar-refractivity contribution in [3.05, 3.63) is 24.0 Å². The molecule has 1 aliphatic heterocycles. The molecule has 1 aromatic rings. The molecule has 9 heteroatoms. The first kappa shape index (κ1) is 14.7. The molecule has 0 bridgehead atoms. The van der Waals surface area contributed by atoms with Crippen LogP contribution in [0.2, 0.25) is 0 Å². The molecule has 1 aromatic carbocycles. The van der Waals surface area contributed by atoms with Crippen LogP contribution >= 0.6 is 0 Å². The molecule has 2 rings (SSSR count). The Bertz CT molecular complexity index is 635. The van der Waals surface area contributed by atoms with E-state index in [4.69, 9.17) is 10.5 Å². The lowest BCUT2D eigenvalue weighted by molar-refractivity contribution is 0.145. The van der Waals surface area contributed by atoms with Crippen LogP contribution in [0.1, 0.15) is 0 Å². The lowest BCUT2D eigenvalue weighted by Gasteiger charge is -2.14. The molecule has 0 radical (unpaired) electrons. The van der Waals surface area contributed by atoms with Crippen molar-refractivity contribution in [2.45, 2.75) is 11.0 Å². The van der Waals surface area contributed by atoms with Gasteiger partial charge in [-0.1, -0.05) is 0 Å². The minimum atomic E-state index is -3.88. The second-order valence-corrected chi connectivity index (χ2v) is 6.03. The summed E-state index contributed by atoms with van der Waals surface area (Å²) in [6, 6.07) is 3.41. The molecule has 1 atom stereocenters. The number of sulfonamides is 1. The van der Waals surface area contributed by atoms with Crippen LogP contribution in [0.5, 0.6) is 0 Å². The van der Waals surface area contributed by atoms with Crippen molar-refractivity contribution in [1.82, 2.24) is 4.72 Å². The number of nitrogens with zero attached hydrogens (tertiary/aromatic N) is 1. The van der Waals surface area contributed by atoms with Crippen LogP contribution in [0.25, 0.3) is 0 Å². The van der Waals surface area contributed by atoms with E-state index in [0.29, 0.717) is 0 Å². The van der Waals surface area contributed by atoms with Gasteiger partial charge in [-0.05, 0) is 25.2 Å². The summed E-state index contributed by atoms with van der Waals surface area (Å²) in [5, 5.41) is 0. The van der Waals surface area contributed by atoms with E-state index in [0.717, 1.165) is 12.1 Å². The average Bonchev–Trinajstić information content (AvgIpc) is 2.79. The lowest BCUT2D eigenvalue weighted by atomic mass is 10.2. The predicted octanol–water partition coefficient (Wildman–Crippen LogP) is 0.0177. The maximum absolute atomic E-state index is 13.9. The number of amides is 1. The van der Waals surface area contributed by atoms with Gasteiger partial charge in [0.25, 0.3) is 0 Å². The number of cyclic esters (lactones) is 1. The van der Waals surface area contributed by atoms with Gasteiger partial charge in [0.1, 0.15) is 16.8 Å². The fraction of sp³-hybridized carbons (Fsp3) is 0.364. The highest BCUT2D eigenvalue weighted by Gasteiger charge is 2.32. The van der Waals surface area contributed by atoms with Gasteiger partial charge >= 0.3 is 6.09 Å². The van der Waals surface area contributed by atoms with Crippen LogP contribution in [0.15, 0.2) is 23.1 Å². The summed E-state index contributed by atoms with van der Waals surface area (Å²) < 4.78 is 43.9. The molecule has 1 saturated heterocycles. The third kappa shape index (κ3) is 2.60. The number of carbonyl (C=O) groups excluding carboxylic acids is 1. The second kappa shape index (κ2) is 5.35. The van der Waals surface area contributed by atoms with Gasteiger partial charge in [-0.3, -0.25) is 4.90 Å². The Morgan fingerprint density at radius 2 is 2.25 bits per heavy atom. The minimum absolute atomic E-state index is 0.164. The fourth-order valence-corrected chi connectivity index (χ4v) is 2.62. The topological polar surface area (TPSA) is 102 Å². The molecule has 0 aliphatic carbocycles. The maximum Gasteiger partial charge on any atom is 0.414 e. The zero-order valence-electron chi connectivity index (χ0n) is 10.7. The molecule has 110 valence electrons. The molecular formula is C11H14FN3O4S. The molecule has 0 saturated carbocycles. The van der Waals surface area contributed by atoms with Crippen LogP contribution in [-0.4, -0.2) is 40.8 Å². The molecule has 7 nitrogen and oxygen atoms in total. The molecule has 1 heterocycles. The smallest absolute Gasteiger partial charge is 0.414 e. The summed E-state index contributed by atoms with van der Waals surface area (Å²) in [6.45, 7) is 0.365. The molecule has 0 unspecified atom stereocenters. The van der Waals surface area contributed by atoms with E-state index in [1.54, 1.807) is 0 Å². The molecule has 1 fully saturated rings. The Hall–Kier alpha value is -1.71. The number of anilines is 1. The lowest BCUT2D eigenvalue weighted by Crippen LogP contribution is -2.27. The van der Waals surface area contributed by atoms with Crippen molar-refractivity contribution in [1.29, 1.82) is 0 Å². The largest absolute Gasteiger partial charge is 0.443 e. The summed E-state index contributed by atoms with van der Waals surface area (Å²) >= 11 is 0. The standard InChI is InChI=1S/C11H14FN3O4S/c1-14-20(17,18)10-3-2-7(4-9(10)12)15-6-8(5-13)19-11(15)16/h2-4,8,14H,5-6,13H2,1H3/t8-/m0/s1. The van der Waals surface area contributed by atoms with E-state index in [1.165, 1.54) is 18.0 Å². The quantitative estimate of drug-likeness (QED) is 0.816. The van der Waals surface area contributed by atoms with E-state index in [1.807, 2.05) is 4.72 Å². The first-order valence-corrected chi connectivity index (χ1v) is 7.28. The van der Waals surface area contributed by atoms with Crippen molar-refractivity contribution in [2.75, 3.05) is 25.0 Å². The Balaban J connectivity index is 2.33. The van der Waals surface area contributed by atoms with Crippen LogP contribution < -0.4 is 15.4 Å². The number of benzene rings is 1. The highest BCUT2D eigenvalue weighted by atomic mass is 32.2. The van der Waals surface area contributed by atoms with Crippen LogP contribution in [0.3, 0.4) is 0 Å². The average molecular weight is 303 g/mol.